The van der Waals surface area contributed by atoms with E-state index in [0.29, 0.717) is 22.6 Å². The van der Waals surface area contributed by atoms with E-state index in [9.17, 15) is 9.59 Å². The SMILES string of the molecule is CC(C)(C)[Si](C)(C)ONC(=O)c1ccc(C=C(COc2ccc3c(c2)[nH]c2ccccc23)C(=O)Nc2cccnc2)cc1. The molecule has 3 N–H and O–H groups in total. The predicted molar refractivity (Wildman–Crippen MR) is 174 cm³/mol. The lowest BCUT2D eigenvalue weighted by Crippen LogP contribution is -2.46. The minimum absolute atomic E-state index is 0.0282. The fourth-order valence-corrected chi connectivity index (χ4v) is 4.88. The summed E-state index contributed by atoms with van der Waals surface area (Å²) in [6.07, 6.45) is 4.98. The van der Waals surface area contributed by atoms with Crippen LogP contribution in [0.1, 0.15) is 36.7 Å². The van der Waals surface area contributed by atoms with Gasteiger partial charge in [0.2, 0.25) is 8.32 Å². The molecule has 5 rings (SSSR count). The first-order valence-electron chi connectivity index (χ1n) is 14.1. The molecular formula is C34H36N4O4Si. The van der Waals surface area contributed by atoms with E-state index < -0.39 is 8.32 Å². The Labute approximate surface area is 252 Å². The van der Waals surface area contributed by atoms with Crippen molar-refractivity contribution in [1.82, 2.24) is 15.4 Å². The molecule has 0 radical (unpaired) electrons. The van der Waals surface area contributed by atoms with Crippen molar-refractivity contribution >= 4 is 53.7 Å². The Balaban J connectivity index is 1.34. The molecule has 43 heavy (non-hydrogen) atoms. The lowest BCUT2D eigenvalue weighted by Gasteiger charge is -2.35. The third-order valence-corrected chi connectivity index (χ3v) is 12.0. The zero-order chi connectivity index (χ0) is 30.6. The molecule has 0 spiro atoms. The van der Waals surface area contributed by atoms with Crippen LogP contribution in [0.4, 0.5) is 5.69 Å². The number of nitrogens with zero attached hydrogens (tertiary/aromatic N) is 1. The molecule has 2 heterocycles. The second-order valence-electron chi connectivity index (χ2n) is 11.9. The molecule has 220 valence electrons. The van der Waals surface area contributed by atoms with Gasteiger partial charge in [0.25, 0.3) is 11.8 Å². The van der Waals surface area contributed by atoms with Crippen LogP contribution in [0.2, 0.25) is 18.1 Å². The number of carbonyl (C=O) groups excluding carboxylic acids is 2. The third kappa shape index (κ3) is 7.02. The molecule has 0 atom stereocenters. The van der Waals surface area contributed by atoms with E-state index in [0.717, 1.165) is 27.4 Å². The molecule has 2 amide bonds. The quantitative estimate of drug-likeness (QED) is 0.0935. The van der Waals surface area contributed by atoms with E-state index in [1.807, 2.05) is 36.4 Å². The van der Waals surface area contributed by atoms with Gasteiger partial charge in [0.05, 0.1) is 23.0 Å². The Bertz CT molecular complexity index is 1790. The topological polar surface area (TPSA) is 105 Å². The highest BCUT2D eigenvalue weighted by atomic mass is 28.4. The first kappa shape index (κ1) is 29.7. The van der Waals surface area contributed by atoms with Gasteiger partial charge in [-0.3, -0.25) is 14.6 Å². The van der Waals surface area contributed by atoms with Crippen LogP contribution in [0.5, 0.6) is 5.75 Å². The molecule has 3 aromatic carbocycles. The van der Waals surface area contributed by atoms with Gasteiger partial charge in [-0.2, -0.15) is 0 Å². The highest BCUT2D eigenvalue weighted by Crippen LogP contribution is 2.36. The second-order valence-corrected chi connectivity index (χ2v) is 16.7. The van der Waals surface area contributed by atoms with Crippen molar-refractivity contribution in [3.63, 3.8) is 0 Å². The number of benzene rings is 3. The zero-order valence-corrected chi connectivity index (χ0v) is 26.0. The van der Waals surface area contributed by atoms with Crippen LogP contribution in [-0.4, -0.2) is 36.7 Å². The van der Waals surface area contributed by atoms with Crippen molar-refractivity contribution in [2.24, 2.45) is 0 Å². The van der Waals surface area contributed by atoms with Gasteiger partial charge in [-0.25, -0.2) is 5.48 Å². The average molecular weight is 593 g/mol. The summed E-state index contributed by atoms with van der Waals surface area (Å²) in [7, 11) is -2.15. The summed E-state index contributed by atoms with van der Waals surface area (Å²) in [6.45, 7) is 10.5. The van der Waals surface area contributed by atoms with Crippen LogP contribution in [0, 0.1) is 0 Å². The van der Waals surface area contributed by atoms with Crippen LogP contribution < -0.4 is 15.5 Å². The first-order chi connectivity index (χ1) is 20.5. The van der Waals surface area contributed by atoms with Crippen molar-refractivity contribution in [2.75, 3.05) is 11.9 Å². The van der Waals surface area contributed by atoms with Crippen LogP contribution in [0.25, 0.3) is 27.9 Å². The minimum atomic E-state index is -2.15. The second kappa shape index (κ2) is 12.2. The Morgan fingerprint density at radius 1 is 0.930 bits per heavy atom. The highest BCUT2D eigenvalue weighted by molar-refractivity contribution is 6.74. The Hall–Kier alpha value is -4.73. The molecular weight excluding hydrogens is 556 g/mol. The molecule has 8 nitrogen and oxygen atoms in total. The van der Waals surface area contributed by atoms with Crippen molar-refractivity contribution in [2.45, 2.75) is 38.9 Å². The lowest BCUT2D eigenvalue weighted by molar-refractivity contribution is -0.113. The molecule has 0 unspecified atom stereocenters. The van der Waals surface area contributed by atoms with Gasteiger partial charge in [-0.15, -0.1) is 0 Å². The number of amides is 2. The third-order valence-electron chi connectivity index (χ3n) is 7.80. The number of fused-ring (bicyclic) bond motifs is 3. The van der Waals surface area contributed by atoms with Crippen molar-refractivity contribution in [3.8, 4) is 5.75 Å². The van der Waals surface area contributed by atoms with E-state index in [-0.39, 0.29) is 23.5 Å². The number of aromatic amines is 1. The van der Waals surface area contributed by atoms with E-state index in [1.165, 1.54) is 0 Å². The Morgan fingerprint density at radius 2 is 1.67 bits per heavy atom. The van der Waals surface area contributed by atoms with E-state index >= 15 is 0 Å². The number of hydrogen-bond acceptors (Lipinski definition) is 5. The van der Waals surface area contributed by atoms with E-state index in [1.54, 1.807) is 54.9 Å². The first-order valence-corrected chi connectivity index (χ1v) is 17.0. The van der Waals surface area contributed by atoms with E-state index in [2.05, 4.69) is 60.7 Å². The molecule has 2 aromatic heterocycles. The fourth-order valence-electron chi connectivity index (χ4n) is 4.22. The van der Waals surface area contributed by atoms with Crippen molar-refractivity contribution in [3.05, 3.63) is 108 Å². The summed E-state index contributed by atoms with van der Waals surface area (Å²) >= 11 is 0. The molecule has 0 aliphatic rings. The largest absolute Gasteiger partial charge is 0.489 e. The number of H-pyrrole nitrogens is 1. The number of nitrogens with one attached hydrogen (secondary N) is 3. The number of ether oxygens (including phenoxy) is 1. The van der Waals surface area contributed by atoms with Gasteiger partial charge in [0.15, 0.2) is 0 Å². The van der Waals surface area contributed by atoms with Gasteiger partial charge in [-0.1, -0.05) is 51.1 Å². The molecule has 0 bridgehead atoms. The lowest BCUT2D eigenvalue weighted by atomic mass is 10.1. The van der Waals surface area contributed by atoms with Gasteiger partial charge in [0, 0.05) is 34.1 Å². The highest BCUT2D eigenvalue weighted by Gasteiger charge is 2.38. The number of hydrogen-bond donors (Lipinski definition) is 3. The summed E-state index contributed by atoms with van der Waals surface area (Å²) in [5.74, 6) is 0.00256. The summed E-state index contributed by atoms with van der Waals surface area (Å²) in [4.78, 5) is 33.6. The number of para-hydroxylation sites is 1. The summed E-state index contributed by atoms with van der Waals surface area (Å²) in [5.41, 5.74) is 6.81. The average Bonchev–Trinajstić information content (AvgIpc) is 3.36. The number of rotatable bonds is 9. The maximum Gasteiger partial charge on any atom is 0.273 e. The van der Waals surface area contributed by atoms with Crippen LogP contribution in [0.15, 0.2) is 96.8 Å². The number of pyridine rings is 1. The molecule has 0 aliphatic heterocycles. The van der Waals surface area contributed by atoms with Crippen molar-refractivity contribution in [1.29, 1.82) is 0 Å². The minimum Gasteiger partial charge on any atom is -0.489 e. The summed E-state index contributed by atoms with van der Waals surface area (Å²) < 4.78 is 12.0. The normalized spacial score (nSPS) is 12.3. The van der Waals surface area contributed by atoms with Gasteiger partial charge in [-0.05, 0) is 72.2 Å². The zero-order valence-electron chi connectivity index (χ0n) is 25.0. The maximum absolute atomic E-state index is 13.3. The van der Waals surface area contributed by atoms with Gasteiger partial charge in [0.1, 0.15) is 12.4 Å². The smallest absolute Gasteiger partial charge is 0.273 e. The predicted octanol–water partition coefficient (Wildman–Crippen LogP) is 7.48. The van der Waals surface area contributed by atoms with Crippen LogP contribution in [-0.2, 0) is 9.32 Å². The summed E-state index contributed by atoms with van der Waals surface area (Å²) in [5, 5.41) is 5.10. The maximum atomic E-state index is 13.3. The standard InChI is InChI=1S/C34H36N4O4Si/c1-34(2,3)43(4,5)42-38-33(40)24-14-12-23(13-15-24)19-25(32(39)36-26-9-8-18-35-21-26)22-41-27-16-17-29-28-10-6-7-11-30(28)37-31(29)20-27/h6-21,37H,22H2,1-5H3,(H,36,39)(H,38,40). The van der Waals surface area contributed by atoms with E-state index in [4.69, 9.17) is 9.26 Å². The number of hydroxylamine groups is 1. The Morgan fingerprint density at radius 3 is 2.40 bits per heavy atom. The number of carbonyl (C=O) groups is 2. The molecule has 5 aromatic rings. The monoisotopic (exact) mass is 592 g/mol. The molecule has 0 fully saturated rings. The van der Waals surface area contributed by atoms with Gasteiger partial charge >= 0.3 is 0 Å². The molecule has 9 heteroatoms. The van der Waals surface area contributed by atoms with Crippen molar-refractivity contribution < 1.29 is 18.9 Å². The number of aromatic nitrogens is 2. The molecule has 0 saturated carbocycles. The van der Waals surface area contributed by atoms with Crippen LogP contribution in [0.3, 0.4) is 0 Å². The Kier molecular flexibility index (Phi) is 8.47. The van der Waals surface area contributed by atoms with Gasteiger partial charge < -0.3 is 19.6 Å². The molecule has 0 aliphatic carbocycles. The fraction of sp³-hybridized carbons (Fsp3) is 0.206. The molecule has 0 saturated heterocycles. The summed E-state index contributed by atoms with van der Waals surface area (Å²) in [6, 6.07) is 24.5. The number of anilines is 1. The van der Waals surface area contributed by atoms with Crippen LogP contribution >= 0.6 is 0 Å².